The second-order valence-electron chi connectivity index (χ2n) is 3.80. The van der Waals surface area contributed by atoms with Crippen LogP contribution in [0.25, 0.3) is 0 Å². The molecule has 2 rings (SSSR count). The largest absolute Gasteiger partial charge is 0.399 e. The maximum atomic E-state index is 4.79. The standard InChI is InChI=1S/C10H15NO/c1-7(11-12-2)10-6-8-3-4-9(10)5-8/h3-4,8-10H,5-6H2,1-2H3. The van der Waals surface area contributed by atoms with Gasteiger partial charge in [-0.05, 0) is 31.6 Å². The maximum absolute atomic E-state index is 4.79. The average molecular weight is 165 g/mol. The zero-order chi connectivity index (χ0) is 8.55. The maximum Gasteiger partial charge on any atom is 0.106 e. The smallest absolute Gasteiger partial charge is 0.106 e. The minimum Gasteiger partial charge on any atom is -0.399 e. The van der Waals surface area contributed by atoms with Crippen LogP contribution in [0.5, 0.6) is 0 Å². The Morgan fingerprint density at radius 1 is 1.42 bits per heavy atom. The third kappa shape index (κ3) is 1.15. The van der Waals surface area contributed by atoms with Crippen LogP contribution in [-0.4, -0.2) is 12.8 Å². The fraction of sp³-hybridized carbons (Fsp3) is 0.700. The Hall–Kier alpha value is -0.790. The van der Waals surface area contributed by atoms with Crippen molar-refractivity contribution in [2.24, 2.45) is 22.9 Å². The van der Waals surface area contributed by atoms with Crippen LogP contribution < -0.4 is 0 Å². The van der Waals surface area contributed by atoms with Gasteiger partial charge in [0.2, 0.25) is 0 Å². The average Bonchev–Trinajstić information content (AvgIpc) is 2.64. The van der Waals surface area contributed by atoms with E-state index in [-0.39, 0.29) is 0 Å². The third-order valence-corrected chi connectivity index (χ3v) is 3.05. The molecule has 0 aromatic rings. The Bertz CT molecular complexity index is 232. The summed E-state index contributed by atoms with van der Waals surface area (Å²) in [7, 11) is 1.62. The molecule has 3 unspecified atom stereocenters. The van der Waals surface area contributed by atoms with Crippen molar-refractivity contribution in [3.8, 4) is 0 Å². The Kier molecular flexibility index (Phi) is 1.91. The summed E-state index contributed by atoms with van der Waals surface area (Å²) in [6, 6.07) is 0. The zero-order valence-corrected chi connectivity index (χ0v) is 7.66. The first-order chi connectivity index (χ1) is 5.81. The number of nitrogens with zero attached hydrogens (tertiary/aromatic N) is 1. The van der Waals surface area contributed by atoms with E-state index in [2.05, 4.69) is 24.2 Å². The van der Waals surface area contributed by atoms with Gasteiger partial charge >= 0.3 is 0 Å². The van der Waals surface area contributed by atoms with Gasteiger partial charge in [0.15, 0.2) is 0 Å². The second kappa shape index (κ2) is 2.92. The Morgan fingerprint density at radius 3 is 2.75 bits per heavy atom. The monoisotopic (exact) mass is 165 g/mol. The van der Waals surface area contributed by atoms with Crippen LogP contribution in [-0.2, 0) is 4.84 Å². The molecule has 12 heavy (non-hydrogen) atoms. The molecule has 0 aliphatic heterocycles. The van der Waals surface area contributed by atoms with Crippen LogP contribution in [0.3, 0.4) is 0 Å². The molecule has 0 N–H and O–H groups in total. The molecule has 2 aliphatic rings. The van der Waals surface area contributed by atoms with E-state index in [1.54, 1.807) is 7.11 Å². The summed E-state index contributed by atoms with van der Waals surface area (Å²) in [6.45, 7) is 2.07. The van der Waals surface area contributed by atoms with E-state index in [1.807, 2.05) is 0 Å². The van der Waals surface area contributed by atoms with Gasteiger partial charge in [0.05, 0.1) is 5.71 Å². The minimum absolute atomic E-state index is 0.653. The van der Waals surface area contributed by atoms with Crippen molar-refractivity contribution in [2.75, 3.05) is 7.11 Å². The molecule has 2 heteroatoms. The predicted octanol–water partition coefficient (Wildman–Crippen LogP) is 2.22. The number of hydrogen-bond donors (Lipinski definition) is 0. The van der Waals surface area contributed by atoms with Crippen LogP contribution in [0, 0.1) is 17.8 Å². The first-order valence-electron chi connectivity index (χ1n) is 4.57. The Morgan fingerprint density at radius 2 is 2.25 bits per heavy atom. The number of hydrogen-bond acceptors (Lipinski definition) is 2. The SMILES string of the molecule is CON=C(C)C1CC2C=CC1C2. The fourth-order valence-electron chi connectivity index (χ4n) is 2.47. The first kappa shape index (κ1) is 7.84. The van der Waals surface area contributed by atoms with Crippen molar-refractivity contribution < 1.29 is 4.84 Å². The normalized spacial score (nSPS) is 39.2. The highest BCUT2D eigenvalue weighted by molar-refractivity contribution is 5.85. The van der Waals surface area contributed by atoms with Crippen LogP contribution in [0.1, 0.15) is 19.8 Å². The molecule has 1 fully saturated rings. The van der Waals surface area contributed by atoms with Gasteiger partial charge in [-0.25, -0.2) is 0 Å². The van der Waals surface area contributed by atoms with Crippen molar-refractivity contribution in [3.63, 3.8) is 0 Å². The molecular formula is C10H15NO. The highest BCUT2D eigenvalue weighted by Crippen LogP contribution is 2.43. The van der Waals surface area contributed by atoms with E-state index in [9.17, 15) is 0 Å². The van der Waals surface area contributed by atoms with E-state index in [1.165, 1.54) is 12.8 Å². The van der Waals surface area contributed by atoms with Gasteiger partial charge < -0.3 is 4.84 Å². The molecule has 0 radical (unpaired) electrons. The Balaban J connectivity index is 2.07. The van der Waals surface area contributed by atoms with Gasteiger partial charge in [0.1, 0.15) is 7.11 Å². The molecule has 2 bridgehead atoms. The molecule has 2 aliphatic carbocycles. The topological polar surface area (TPSA) is 21.6 Å². The van der Waals surface area contributed by atoms with Crippen LogP contribution in [0.15, 0.2) is 17.3 Å². The van der Waals surface area contributed by atoms with Gasteiger partial charge in [0, 0.05) is 5.92 Å². The van der Waals surface area contributed by atoms with Crippen molar-refractivity contribution in [1.29, 1.82) is 0 Å². The zero-order valence-electron chi connectivity index (χ0n) is 7.66. The molecule has 0 aromatic heterocycles. The lowest BCUT2D eigenvalue weighted by Gasteiger charge is -2.16. The first-order valence-corrected chi connectivity index (χ1v) is 4.57. The van der Waals surface area contributed by atoms with Crippen molar-refractivity contribution in [1.82, 2.24) is 0 Å². The highest BCUT2D eigenvalue weighted by Gasteiger charge is 2.37. The highest BCUT2D eigenvalue weighted by atomic mass is 16.6. The van der Waals surface area contributed by atoms with Gasteiger partial charge in [-0.15, -0.1) is 0 Å². The summed E-state index contributed by atoms with van der Waals surface area (Å²) in [4.78, 5) is 4.79. The molecule has 0 spiro atoms. The van der Waals surface area contributed by atoms with Crippen LogP contribution >= 0.6 is 0 Å². The summed E-state index contributed by atoms with van der Waals surface area (Å²) in [5, 5.41) is 4.01. The van der Waals surface area contributed by atoms with E-state index >= 15 is 0 Å². The van der Waals surface area contributed by atoms with E-state index in [0.29, 0.717) is 5.92 Å². The Labute approximate surface area is 73.3 Å². The summed E-state index contributed by atoms with van der Waals surface area (Å²) in [6.07, 6.45) is 7.30. The summed E-state index contributed by atoms with van der Waals surface area (Å²) in [5.74, 6) is 2.22. The molecule has 1 saturated carbocycles. The summed E-state index contributed by atoms with van der Waals surface area (Å²) >= 11 is 0. The fourth-order valence-corrected chi connectivity index (χ4v) is 2.47. The summed E-state index contributed by atoms with van der Waals surface area (Å²) < 4.78 is 0. The summed E-state index contributed by atoms with van der Waals surface area (Å²) in [5.41, 5.74) is 1.16. The van der Waals surface area contributed by atoms with E-state index < -0.39 is 0 Å². The lowest BCUT2D eigenvalue weighted by atomic mass is 9.90. The number of rotatable bonds is 2. The van der Waals surface area contributed by atoms with E-state index in [4.69, 9.17) is 4.84 Å². The lowest BCUT2D eigenvalue weighted by molar-refractivity contribution is 0.210. The quantitative estimate of drug-likeness (QED) is 0.349. The molecule has 0 saturated heterocycles. The predicted molar refractivity (Wildman–Crippen MR) is 49.0 cm³/mol. The van der Waals surface area contributed by atoms with Gasteiger partial charge in [-0.1, -0.05) is 17.3 Å². The van der Waals surface area contributed by atoms with Crippen LogP contribution in [0.4, 0.5) is 0 Å². The van der Waals surface area contributed by atoms with Crippen molar-refractivity contribution in [3.05, 3.63) is 12.2 Å². The van der Waals surface area contributed by atoms with Gasteiger partial charge in [-0.2, -0.15) is 0 Å². The minimum atomic E-state index is 0.653. The number of fused-ring (bicyclic) bond motifs is 2. The molecule has 0 heterocycles. The van der Waals surface area contributed by atoms with Crippen molar-refractivity contribution in [2.45, 2.75) is 19.8 Å². The van der Waals surface area contributed by atoms with Gasteiger partial charge in [0.25, 0.3) is 0 Å². The number of allylic oxidation sites excluding steroid dienone is 2. The number of oxime groups is 1. The molecular weight excluding hydrogens is 150 g/mol. The van der Waals surface area contributed by atoms with Crippen molar-refractivity contribution >= 4 is 5.71 Å². The molecule has 0 aromatic carbocycles. The van der Waals surface area contributed by atoms with Gasteiger partial charge in [-0.3, -0.25) is 0 Å². The lowest BCUT2D eigenvalue weighted by Crippen LogP contribution is -2.16. The molecule has 66 valence electrons. The molecule has 2 nitrogen and oxygen atoms in total. The second-order valence-corrected chi connectivity index (χ2v) is 3.80. The third-order valence-electron chi connectivity index (χ3n) is 3.05. The molecule has 3 atom stereocenters. The molecule has 0 amide bonds. The van der Waals surface area contributed by atoms with Crippen LogP contribution in [0.2, 0.25) is 0 Å². The van der Waals surface area contributed by atoms with E-state index in [0.717, 1.165) is 17.5 Å².